The number of hydrogen-bond acceptors (Lipinski definition) is 8. The van der Waals surface area contributed by atoms with E-state index in [0.717, 1.165) is 27.8 Å². The van der Waals surface area contributed by atoms with Crippen LogP contribution in [0.3, 0.4) is 0 Å². The van der Waals surface area contributed by atoms with Crippen molar-refractivity contribution in [3.63, 3.8) is 0 Å². The van der Waals surface area contributed by atoms with Gasteiger partial charge in [0.25, 0.3) is 0 Å². The van der Waals surface area contributed by atoms with Crippen LogP contribution in [-0.4, -0.2) is 39.8 Å². The van der Waals surface area contributed by atoms with Gasteiger partial charge >= 0.3 is 0 Å². The van der Waals surface area contributed by atoms with Gasteiger partial charge in [-0.3, -0.25) is 0 Å². The third-order valence-electron chi connectivity index (χ3n) is 3.98. The van der Waals surface area contributed by atoms with E-state index in [0.29, 0.717) is 16.7 Å². The molecule has 3 rings (SSSR count). The number of aliphatic hydroxyl groups excluding tert-OH is 1. The lowest BCUT2D eigenvalue weighted by Crippen LogP contribution is -2.26. The van der Waals surface area contributed by atoms with E-state index in [-0.39, 0.29) is 12.6 Å². The summed E-state index contributed by atoms with van der Waals surface area (Å²) in [5.41, 5.74) is 1.90. The number of benzene rings is 1. The van der Waals surface area contributed by atoms with Crippen molar-refractivity contribution in [2.75, 3.05) is 24.3 Å². The second kappa shape index (κ2) is 9.34. The van der Waals surface area contributed by atoms with Crippen molar-refractivity contribution in [3.05, 3.63) is 35.9 Å². The van der Waals surface area contributed by atoms with Crippen molar-refractivity contribution in [2.24, 2.45) is 5.92 Å². The maximum Gasteiger partial charge on any atom is 0.191 e. The van der Waals surface area contributed by atoms with Crippen LogP contribution in [-0.2, 0) is 5.75 Å². The smallest absolute Gasteiger partial charge is 0.191 e. The number of thioether (sulfide) groups is 1. The molecule has 8 heteroatoms. The number of aromatic nitrogens is 3. The summed E-state index contributed by atoms with van der Waals surface area (Å²) in [4.78, 5) is 13.9. The molecule has 2 heterocycles. The number of hydrogen-bond donors (Lipinski definition) is 3. The average molecular weight is 404 g/mol. The minimum Gasteiger partial charge on any atom is -0.394 e. The molecule has 0 amide bonds. The molecule has 1 atom stereocenters. The van der Waals surface area contributed by atoms with Gasteiger partial charge < -0.3 is 15.7 Å². The molecule has 27 heavy (non-hydrogen) atoms. The van der Waals surface area contributed by atoms with E-state index in [4.69, 9.17) is 4.98 Å². The van der Waals surface area contributed by atoms with Gasteiger partial charge in [-0.2, -0.15) is 4.98 Å². The molecule has 144 valence electrons. The number of nitrogens with one attached hydrogen (secondary N) is 2. The van der Waals surface area contributed by atoms with Gasteiger partial charge in [0.1, 0.15) is 4.70 Å². The second-order valence-electron chi connectivity index (χ2n) is 6.70. The SMILES string of the molecule is CNc1nc2nc(SCc3ccccc3)nc(N[C@@H](CO)CC(C)C)c2s1. The van der Waals surface area contributed by atoms with E-state index in [1.807, 2.05) is 25.2 Å². The van der Waals surface area contributed by atoms with Gasteiger partial charge in [-0.15, -0.1) is 0 Å². The predicted molar refractivity (Wildman–Crippen MR) is 115 cm³/mol. The van der Waals surface area contributed by atoms with Crippen molar-refractivity contribution in [1.29, 1.82) is 0 Å². The maximum absolute atomic E-state index is 9.75. The first-order chi connectivity index (χ1) is 13.1. The van der Waals surface area contributed by atoms with Crippen molar-refractivity contribution < 1.29 is 5.11 Å². The second-order valence-corrected chi connectivity index (χ2v) is 8.65. The van der Waals surface area contributed by atoms with Crippen LogP contribution in [0.2, 0.25) is 0 Å². The molecule has 0 fully saturated rings. The molecule has 0 saturated carbocycles. The number of aliphatic hydroxyl groups is 1. The van der Waals surface area contributed by atoms with Crippen molar-refractivity contribution >= 4 is 44.4 Å². The minimum atomic E-state index is -0.0461. The van der Waals surface area contributed by atoms with Crippen LogP contribution in [0.5, 0.6) is 0 Å². The number of fused-ring (bicyclic) bond motifs is 1. The van der Waals surface area contributed by atoms with E-state index in [2.05, 4.69) is 46.6 Å². The molecule has 0 aliphatic carbocycles. The first kappa shape index (κ1) is 19.9. The van der Waals surface area contributed by atoms with Crippen molar-refractivity contribution in [1.82, 2.24) is 15.0 Å². The van der Waals surface area contributed by atoms with E-state index >= 15 is 0 Å². The Morgan fingerprint density at radius 2 is 1.93 bits per heavy atom. The lowest BCUT2D eigenvalue weighted by Gasteiger charge is -2.19. The summed E-state index contributed by atoms with van der Waals surface area (Å²) in [6, 6.07) is 10.2. The Labute approximate surface area is 167 Å². The highest BCUT2D eigenvalue weighted by atomic mass is 32.2. The number of rotatable bonds is 9. The third-order valence-corrected chi connectivity index (χ3v) is 5.96. The summed E-state index contributed by atoms with van der Waals surface area (Å²) >= 11 is 3.11. The van der Waals surface area contributed by atoms with Crippen LogP contribution in [0, 0.1) is 5.92 Å². The first-order valence-electron chi connectivity index (χ1n) is 8.99. The predicted octanol–water partition coefficient (Wildman–Crippen LogP) is 4.24. The summed E-state index contributed by atoms with van der Waals surface area (Å²) in [6.45, 7) is 4.35. The van der Waals surface area contributed by atoms with Crippen LogP contribution in [0.1, 0.15) is 25.8 Å². The van der Waals surface area contributed by atoms with Gasteiger partial charge in [0.2, 0.25) is 0 Å². The van der Waals surface area contributed by atoms with Gasteiger partial charge in [0.15, 0.2) is 21.8 Å². The van der Waals surface area contributed by atoms with Crippen molar-refractivity contribution in [3.8, 4) is 0 Å². The molecular formula is C19H25N5OS2. The molecule has 0 aliphatic rings. The van der Waals surface area contributed by atoms with E-state index in [1.54, 1.807) is 11.8 Å². The molecule has 6 nitrogen and oxygen atoms in total. The molecule has 3 aromatic rings. The van der Waals surface area contributed by atoms with Crippen molar-refractivity contribution in [2.45, 2.75) is 37.2 Å². The van der Waals surface area contributed by atoms with Gasteiger partial charge in [-0.05, 0) is 17.9 Å². The Balaban J connectivity index is 1.88. The van der Waals surface area contributed by atoms with Crippen LogP contribution >= 0.6 is 23.1 Å². The molecule has 3 N–H and O–H groups in total. The summed E-state index contributed by atoms with van der Waals surface area (Å²) in [5, 5.41) is 17.7. The van der Waals surface area contributed by atoms with Gasteiger partial charge in [-0.25, -0.2) is 9.97 Å². The molecule has 2 aromatic heterocycles. The molecule has 0 radical (unpaired) electrons. The zero-order chi connectivity index (χ0) is 19.2. The maximum atomic E-state index is 9.75. The molecule has 0 saturated heterocycles. The lowest BCUT2D eigenvalue weighted by atomic mass is 10.0. The molecule has 0 spiro atoms. The topological polar surface area (TPSA) is 83.0 Å². The molecule has 1 aromatic carbocycles. The van der Waals surface area contributed by atoms with E-state index in [9.17, 15) is 5.11 Å². The van der Waals surface area contributed by atoms with E-state index in [1.165, 1.54) is 16.9 Å². The fourth-order valence-corrected chi connectivity index (χ4v) is 4.34. The Morgan fingerprint density at radius 3 is 2.59 bits per heavy atom. The van der Waals surface area contributed by atoms with E-state index < -0.39 is 0 Å². The normalized spacial score (nSPS) is 12.5. The fraction of sp³-hybridized carbons (Fsp3) is 0.421. The monoisotopic (exact) mass is 403 g/mol. The summed E-state index contributed by atoms with van der Waals surface area (Å²) < 4.78 is 0.908. The summed E-state index contributed by atoms with van der Waals surface area (Å²) in [6.07, 6.45) is 0.867. The van der Waals surface area contributed by atoms with Crippen LogP contribution in [0.15, 0.2) is 35.5 Å². The Hall–Kier alpha value is -1.90. The zero-order valence-electron chi connectivity index (χ0n) is 15.8. The van der Waals surface area contributed by atoms with Gasteiger partial charge in [0.05, 0.1) is 12.6 Å². The molecule has 0 aliphatic heterocycles. The Bertz CT molecular complexity index is 869. The van der Waals surface area contributed by atoms with Crippen LogP contribution in [0.4, 0.5) is 10.9 Å². The van der Waals surface area contributed by atoms with Crippen LogP contribution < -0.4 is 10.6 Å². The minimum absolute atomic E-state index is 0.0461. The largest absolute Gasteiger partial charge is 0.394 e. The standard InChI is InChI=1S/C19H25N5OS2/c1-12(2)9-14(10-25)21-16-15-17(22-18(20-3)27-15)24-19(23-16)26-11-13-7-5-4-6-8-13/h4-8,12,14,25H,9-11H2,1-3H3,(H2,20,21,22,23,24)/t14-/m1/s1. The highest BCUT2D eigenvalue weighted by Crippen LogP contribution is 2.33. The highest BCUT2D eigenvalue weighted by Gasteiger charge is 2.17. The number of anilines is 2. The highest BCUT2D eigenvalue weighted by molar-refractivity contribution is 7.98. The quantitative estimate of drug-likeness (QED) is 0.364. The Kier molecular flexibility index (Phi) is 6.87. The third kappa shape index (κ3) is 5.31. The average Bonchev–Trinajstić information content (AvgIpc) is 3.10. The first-order valence-corrected chi connectivity index (χ1v) is 10.8. The fourth-order valence-electron chi connectivity index (χ4n) is 2.74. The Morgan fingerprint density at radius 1 is 1.15 bits per heavy atom. The molecule has 0 unspecified atom stereocenters. The molecule has 0 bridgehead atoms. The molecular weight excluding hydrogens is 378 g/mol. The zero-order valence-corrected chi connectivity index (χ0v) is 17.4. The van der Waals surface area contributed by atoms with Gasteiger partial charge in [-0.1, -0.05) is 67.3 Å². The lowest BCUT2D eigenvalue weighted by molar-refractivity contribution is 0.259. The summed E-state index contributed by atoms with van der Waals surface area (Å²) in [7, 11) is 1.85. The number of thiazole rings is 1. The van der Waals surface area contributed by atoms with Gasteiger partial charge in [0, 0.05) is 12.8 Å². The number of nitrogens with zero attached hydrogens (tertiary/aromatic N) is 3. The summed E-state index contributed by atoms with van der Waals surface area (Å²) in [5.74, 6) is 2.02. The van der Waals surface area contributed by atoms with Crippen LogP contribution in [0.25, 0.3) is 10.3 Å².